The van der Waals surface area contributed by atoms with Gasteiger partial charge in [0, 0.05) is 10.0 Å². The molecule has 0 aliphatic rings. The molecule has 9 heteroatoms. The number of amides is 1. The molecule has 0 heterocycles. The minimum atomic E-state index is -4.08. The topological polar surface area (TPSA) is 75.7 Å². The van der Waals surface area contributed by atoms with Gasteiger partial charge in [-0.1, -0.05) is 67.4 Å². The van der Waals surface area contributed by atoms with E-state index in [1.54, 1.807) is 25.3 Å². The van der Waals surface area contributed by atoms with Crippen molar-refractivity contribution in [3.8, 4) is 5.75 Å². The van der Waals surface area contributed by atoms with Crippen LogP contribution < -0.4 is 14.4 Å². The summed E-state index contributed by atoms with van der Waals surface area (Å²) in [5.74, 6) is 0.543. The van der Waals surface area contributed by atoms with Gasteiger partial charge in [-0.15, -0.1) is 0 Å². The second-order valence-electron chi connectivity index (χ2n) is 8.48. The van der Waals surface area contributed by atoms with Gasteiger partial charge in [0.2, 0.25) is 5.91 Å². The summed E-state index contributed by atoms with van der Waals surface area (Å²) in [4.78, 5) is 13.3. The fraction of sp³-hybridized carbons (Fsp3) is 0.269. The molecule has 0 spiro atoms. The van der Waals surface area contributed by atoms with Crippen LogP contribution in [-0.4, -0.2) is 28.0 Å². The normalized spacial score (nSPS) is 12.3. The Kier molecular flexibility index (Phi) is 9.05. The number of hydrogen-bond donors (Lipinski definition) is 1. The summed E-state index contributed by atoms with van der Waals surface area (Å²) in [5.41, 5.74) is 1.10. The van der Waals surface area contributed by atoms with Crippen LogP contribution in [0, 0.1) is 5.92 Å². The number of nitrogens with zero attached hydrogens (tertiary/aromatic N) is 1. The van der Waals surface area contributed by atoms with E-state index < -0.39 is 22.5 Å². The Bertz CT molecular complexity index is 1230. The van der Waals surface area contributed by atoms with E-state index >= 15 is 0 Å². The van der Waals surface area contributed by atoms with Crippen LogP contribution in [0.15, 0.2) is 77.7 Å². The average Bonchev–Trinajstić information content (AvgIpc) is 2.81. The number of sulfonamides is 1. The minimum absolute atomic E-state index is 0.0535. The van der Waals surface area contributed by atoms with Crippen molar-refractivity contribution >= 4 is 44.8 Å². The molecule has 3 aromatic carbocycles. The quantitative estimate of drug-likeness (QED) is 0.340. The van der Waals surface area contributed by atoms with Crippen LogP contribution in [0.25, 0.3) is 0 Å². The third-order valence-corrected chi connectivity index (χ3v) is 7.54. The second-order valence-corrected chi connectivity index (χ2v) is 11.2. The summed E-state index contributed by atoms with van der Waals surface area (Å²) in [6.07, 6.45) is 0.673. The molecular formula is C26H28Cl2N2O4S. The van der Waals surface area contributed by atoms with Crippen LogP contribution in [0.4, 0.5) is 5.69 Å². The fourth-order valence-corrected chi connectivity index (χ4v) is 5.61. The molecule has 0 saturated heterocycles. The maximum Gasteiger partial charge on any atom is 0.264 e. The summed E-state index contributed by atoms with van der Waals surface area (Å²) < 4.78 is 33.3. The van der Waals surface area contributed by atoms with Crippen molar-refractivity contribution < 1.29 is 17.9 Å². The molecule has 0 saturated carbocycles. The van der Waals surface area contributed by atoms with E-state index in [9.17, 15) is 13.2 Å². The third-order valence-electron chi connectivity index (χ3n) is 5.31. The first-order chi connectivity index (χ1) is 16.6. The zero-order valence-corrected chi connectivity index (χ0v) is 22.1. The highest BCUT2D eigenvalue weighted by Gasteiger charge is 2.28. The lowest BCUT2D eigenvalue weighted by Gasteiger charge is -2.27. The molecule has 0 bridgehead atoms. The van der Waals surface area contributed by atoms with Gasteiger partial charge < -0.3 is 10.1 Å². The number of anilines is 1. The average molecular weight is 535 g/mol. The Morgan fingerprint density at radius 1 is 0.971 bits per heavy atom. The summed E-state index contributed by atoms with van der Waals surface area (Å²) >= 11 is 12.3. The predicted octanol–water partition coefficient (Wildman–Crippen LogP) is 6.10. The van der Waals surface area contributed by atoms with Crippen molar-refractivity contribution in [1.82, 2.24) is 5.32 Å². The van der Waals surface area contributed by atoms with Crippen LogP contribution in [0.2, 0.25) is 10.0 Å². The molecule has 0 aliphatic heterocycles. The Morgan fingerprint density at radius 2 is 1.57 bits per heavy atom. The van der Waals surface area contributed by atoms with E-state index in [-0.39, 0.29) is 26.7 Å². The van der Waals surface area contributed by atoms with Gasteiger partial charge in [0.05, 0.1) is 23.7 Å². The molecule has 0 fully saturated rings. The third kappa shape index (κ3) is 7.13. The summed E-state index contributed by atoms with van der Waals surface area (Å²) in [6, 6.07) is 19.5. The summed E-state index contributed by atoms with van der Waals surface area (Å²) in [7, 11) is -2.49. The number of carbonyl (C=O) groups is 1. The van der Waals surface area contributed by atoms with Crippen LogP contribution in [0.5, 0.6) is 5.75 Å². The maximum atomic E-state index is 13.5. The monoisotopic (exact) mass is 534 g/mol. The Morgan fingerprint density at radius 3 is 2.11 bits per heavy atom. The Hall–Kier alpha value is -2.74. The first-order valence-electron chi connectivity index (χ1n) is 11.1. The molecule has 6 nitrogen and oxygen atoms in total. The van der Waals surface area contributed by atoms with E-state index in [1.807, 2.05) is 24.3 Å². The van der Waals surface area contributed by atoms with Crippen molar-refractivity contribution in [1.29, 1.82) is 0 Å². The standard InChI is InChI=1S/C26H28Cl2N2O4S/c1-18(2)13-25(19-9-11-23(34-3)12-10-19)29-26(31)17-30(22-15-20(27)14-21(28)16-22)35(32,33)24-7-5-4-6-8-24/h4-12,14-16,18,25H,13,17H2,1-3H3,(H,29,31). The molecule has 3 rings (SSSR count). The van der Waals surface area contributed by atoms with E-state index in [2.05, 4.69) is 19.2 Å². The molecule has 1 N–H and O–H groups in total. The van der Waals surface area contributed by atoms with E-state index in [4.69, 9.17) is 27.9 Å². The molecule has 0 radical (unpaired) electrons. The molecule has 1 amide bonds. The van der Waals surface area contributed by atoms with Crippen molar-refractivity contribution in [2.45, 2.75) is 31.2 Å². The number of benzene rings is 3. The van der Waals surface area contributed by atoms with Crippen LogP contribution in [-0.2, 0) is 14.8 Å². The number of ether oxygens (including phenoxy) is 1. The van der Waals surface area contributed by atoms with Gasteiger partial charge in [-0.2, -0.15) is 0 Å². The molecule has 3 aromatic rings. The van der Waals surface area contributed by atoms with Crippen molar-refractivity contribution in [3.63, 3.8) is 0 Å². The molecule has 35 heavy (non-hydrogen) atoms. The molecule has 186 valence electrons. The largest absolute Gasteiger partial charge is 0.497 e. The minimum Gasteiger partial charge on any atom is -0.497 e. The van der Waals surface area contributed by atoms with Gasteiger partial charge in [0.25, 0.3) is 10.0 Å². The second kappa shape index (κ2) is 11.8. The molecular weight excluding hydrogens is 507 g/mol. The van der Waals surface area contributed by atoms with Crippen LogP contribution in [0.1, 0.15) is 31.9 Å². The van der Waals surface area contributed by atoms with Gasteiger partial charge in [-0.3, -0.25) is 9.10 Å². The lowest BCUT2D eigenvalue weighted by Crippen LogP contribution is -2.42. The summed E-state index contributed by atoms with van der Waals surface area (Å²) in [5, 5.41) is 3.53. The number of methoxy groups -OCH3 is 1. The Balaban J connectivity index is 1.94. The highest BCUT2D eigenvalue weighted by Crippen LogP contribution is 2.30. The molecule has 1 atom stereocenters. The zero-order chi connectivity index (χ0) is 25.6. The van der Waals surface area contributed by atoms with Gasteiger partial charge >= 0.3 is 0 Å². The number of rotatable bonds is 10. The predicted molar refractivity (Wildman–Crippen MR) is 141 cm³/mol. The number of hydrogen-bond acceptors (Lipinski definition) is 4. The van der Waals surface area contributed by atoms with Gasteiger partial charge in [0.1, 0.15) is 12.3 Å². The van der Waals surface area contributed by atoms with E-state index in [1.165, 1.54) is 30.3 Å². The lowest BCUT2D eigenvalue weighted by atomic mass is 9.97. The van der Waals surface area contributed by atoms with Crippen molar-refractivity contribution in [2.24, 2.45) is 5.92 Å². The summed E-state index contributed by atoms with van der Waals surface area (Å²) in [6.45, 7) is 3.67. The first-order valence-corrected chi connectivity index (χ1v) is 13.3. The van der Waals surface area contributed by atoms with Crippen LogP contribution in [0.3, 0.4) is 0 Å². The van der Waals surface area contributed by atoms with Crippen molar-refractivity contribution in [2.75, 3.05) is 18.0 Å². The molecule has 0 aliphatic carbocycles. The van der Waals surface area contributed by atoms with Gasteiger partial charge in [-0.25, -0.2) is 8.42 Å². The van der Waals surface area contributed by atoms with Gasteiger partial charge in [0.15, 0.2) is 0 Å². The van der Waals surface area contributed by atoms with E-state index in [0.717, 1.165) is 9.87 Å². The van der Waals surface area contributed by atoms with Crippen molar-refractivity contribution in [3.05, 3.63) is 88.4 Å². The Labute approximate surface area is 216 Å². The first kappa shape index (κ1) is 26.9. The fourth-order valence-electron chi connectivity index (χ4n) is 3.67. The van der Waals surface area contributed by atoms with Crippen LogP contribution >= 0.6 is 23.2 Å². The molecule has 1 unspecified atom stereocenters. The van der Waals surface area contributed by atoms with E-state index in [0.29, 0.717) is 18.1 Å². The maximum absolute atomic E-state index is 13.5. The highest BCUT2D eigenvalue weighted by molar-refractivity contribution is 7.92. The number of halogens is 2. The highest BCUT2D eigenvalue weighted by atomic mass is 35.5. The number of nitrogens with one attached hydrogen (secondary N) is 1. The number of carbonyl (C=O) groups excluding carboxylic acids is 1. The van der Waals surface area contributed by atoms with Gasteiger partial charge in [-0.05, 0) is 60.4 Å². The SMILES string of the molecule is COc1ccc(C(CC(C)C)NC(=O)CN(c2cc(Cl)cc(Cl)c2)S(=O)(=O)c2ccccc2)cc1. The zero-order valence-electron chi connectivity index (χ0n) is 19.7. The molecule has 0 aromatic heterocycles. The lowest BCUT2D eigenvalue weighted by molar-refractivity contribution is -0.120. The smallest absolute Gasteiger partial charge is 0.264 e.